The van der Waals surface area contributed by atoms with E-state index in [9.17, 15) is 0 Å². The molecule has 2 N–H and O–H groups in total. The molecule has 0 aliphatic carbocycles. The first-order valence-corrected chi connectivity index (χ1v) is 5.50. The van der Waals surface area contributed by atoms with Gasteiger partial charge in [-0.1, -0.05) is 13.8 Å². The second-order valence-electron chi connectivity index (χ2n) is 3.10. The zero-order valence-corrected chi connectivity index (χ0v) is 10.3. The quantitative estimate of drug-likeness (QED) is 0.836. The predicted octanol–water partition coefficient (Wildman–Crippen LogP) is 2.32. The lowest BCUT2D eigenvalue weighted by Crippen LogP contribution is -2.06. The zero-order chi connectivity index (χ0) is 12.0. The maximum Gasteiger partial charge on any atom is 0.121 e. The Labute approximate surface area is 96.0 Å². The van der Waals surface area contributed by atoms with Gasteiger partial charge in [-0.3, -0.25) is 0 Å². The highest BCUT2D eigenvalue weighted by molar-refractivity contribution is 5.76. The van der Waals surface area contributed by atoms with E-state index in [-0.39, 0.29) is 0 Å². The first-order valence-electron chi connectivity index (χ1n) is 5.50. The Bertz CT molecular complexity index is 437. The van der Waals surface area contributed by atoms with Gasteiger partial charge in [0.15, 0.2) is 0 Å². The minimum absolute atomic E-state index is 0.747. The minimum atomic E-state index is 0.747. The molecule has 0 radical (unpaired) electrons. The Morgan fingerprint density at radius 3 is 2.75 bits per heavy atom. The van der Waals surface area contributed by atoms with Gasteiger partial charge in [-0.25, -0.2) is 4.98 Å². The number of nitrogens with zero attached hydrogens (tertiary/aromatic N) is 1. The van der Waals surface area contributed by atoms with Gasteiger partial charge in [0.2, 0.25) is 0 Å². The molecule has 0 bridgehead atoms. The molecular formula is C12H19N3O. The van der Waals surface area contributed by atoms with E-state index in [1.807, 2.05) is 39.1 Å². The third-order valence-electron chi connectivity index (χ3n) is 2.08. The summed E-state index contributed by atoms with van der Waals surface area (Å²) in [5, 5.41) is 3.05. The van der Waals surface area contributed by atoms with Crippen molar-refractivity contribution in [2.24, 2.45) is 0 Å². The molecule has 1 heterocycles. The van der Waals surface area contributed by atoms with Crippen LogP contribution in [-0.4, -0.2) is 24.1 Å². The number of ether oxygens (including phenoxy) is 1. The molecule has 0 aliphatic rings. The topological polar surface area (TPSA) is 49.9 Å². The van der Waals surface area contributed by atoms with Crippen LogP contribution in [0, 0.1) is 0 Å². The van der Waals surface area contributed by atoms with Crippen LogP contribution < -0.4 is 10.1 Å². The molecule has 4 heteroatoms. The Hall–Kier alpha value is -1.55. The Kier molecular flexibility index (Phi) is 4.79. The molecule has 1 aromatic carbocycles. The van der Waals surface area contributed by atoms with Crippen LogP contribution in [0.25, 0.3) is 11.0 Å². The van der Waals surface area contributed by atoms with Gasteiger partial charge < -0.3 is 15.0 Å². The number of methoxy groups -OCH3 is 1. The molecule has 0 fully saturated rings. The fraction of sp³-hybridized carbons (Fsp3) is 0.417. The molecule has 0 atom stereocenters. The lowest BCUT2D eigenvalue weighted by molar-refractivity contribution is 0.415. The molecule has 0 amide bonds. The summed E-state index contributed by atoms with van der Waals surface area (Å²) >= 11 is 0. The molecule has 0 unspecified atom stereocenters. The van der Waals surface area contributed by atoms with E-state index in [1.165, 1.54) is 0 Å². The van der Waals surface area contributed by atoms with Crippen LogP contribution in [-0.2, 0) is 6.54 Å². The lowest BCUT2D eigenvalue weighted by Gasteiger charge is -1.96. The molecule has 2 rings (SSSR count). The molecule has 0 saturated heterocycles. The van der Waals surface area contributed by atoms with E-state index in [4.69, 9.17) is 4.74 Å². The van der Waals surface area contributed by atoms with Gasteiger partial charge >= 0.3 is 0 Å². The van der Waals surface area contributed by atoms with Crippen molar-refractivity contribution in [3.8, 4) is 5.75 Å². The standard InChI is InChI=1S/C10H13N3O.C2H6/c1-11-6-10-12-8-4-3-7(14-2)5-9(8)13-10;1-2/h3-5,11H,6H2,1-2H3,(H,12,13);1-2H3. The maximum absolute atomic E-state index is 5.13. The number of hydrogen-bond acceptors (Lipinski definition) is 3. The highest BCUT2D eigenvalue weighted by atomic mass is 16.5. The highest BCUT2D eigenvalue weighted by Gasteiger charge is 2.02. The van der Waals surface area contributed by atoms with Crippen LogP contribution in [0.2, 0.25) is 0 Å². The summed E-state index contributed by atoms with van der Waals surface area (Å²) in [5.41, 5.74) is 1.98. The number of H-pyrrole nitrogens is 1. The summed E-state index contributed by atoms with van der Waals surface area (Å²) in [7, 11) is 3.56. The predicted molar refractivity (Wildman–Crippen MR) is 66.8 cm³/mol. The van der Waals surface area contributed by atoms with Crippen molar-refractivity contribution < 1.29 is 4.74 Å². The number of benzene rings is 1. The van der Waals surface area contributed by atoms with Gasteiger partial charge in [-0.05, 0) is 19.2 Å². The van der Waals surface area contributed by atoms with Crippen molar-refractivity contribution in [1.82, 2.24) is 15.3 Å². The Morgan fingerprint density at radius 2 is 2.12 bits per heavy atom. The average Bonchev–Trinajstić information content (AvgIpc) is 2.73. The number of aromatic nitrogens is 2. The third kappa shape index (κ3) is 2.73. The largest absolute Gasteiger partial charge is 0.497 e. The van der Waals surface area contributed by atoms with Crippen LogP contribution in [0.5, 0.6) is 5.75 Å². The number of rotatable bonds is 3. The summed E-state index contributed by atoms with van der Waals surface area (Å²) in [6, 6.07) is 5.80. The lowest BCUT2D eigenvalue weighted by atomic mass is 10.3. The van der Waals surface area contributed by atoms with Crippen molar-refractivity contribution >= 4 is 11.0 Å². The summed E-state index contributed by atoms with van der Waals surface area (Å²) in [4.78, 5) is 7.62. The summed E-state index contributed by atoms with van der Waals surface area (Å²) in [6.45, 7) is 4.75. The molecule has 0 saturated carbocycles. The van der Waals surface area contributed by atoms with Crippen molar-refractivity contribution in [2.45, 2.75) is 20.4 Å². The molecule has 88 valence electrons. The maximum atomic E-state index is 5.13. The number of nitrogens with one attached hydrogen (secondary N) is 2. The van der Waals surface area contributed by atoms with Crippen molar-refractivity contribution in [1.29, 1.82) is 0 Å². The molecule has 16 heavy (non-hydrogen) atoms. The average molecular weight is 221 g/mol. The van der Waals surface area contributed by atoms with Gasteiger partial charge in [0.1, 0.15) is 11.6 Å². The van der Waals surface area contributed by atoms with E-state index in [0.717, 1.165) is 29.2 Å². The van der Waals surface area contributed by atoms with E-state index in [0.29, 0.717) is 0 Å². The van der Waals surface area contributed by atoms with E-state index >= 15 is 0 Å². The van der Waals surface area contributed by atoms with Crippen LogP contribution in [0.3, 0.4) is 0 Å². The molecule has 0 aliphatic heterocycles. The van der Waals surface area contributed by atoms with Crippen molar-refractivity contribution in [2.75, 3.05) is 14.2 Å². The van der Waals surface area contributed by atoms with Gasteiger partial charge in [0.05, 0.1) is 24.7 Å². The minimum Gasteiger partial charge on any atom is -0.497 e. The molecule has 0 spiro atoms. The second-order valence-corrected chi connectivity index (χ2v) is 3.10. The van der Waals surface area contributed by atoms with Gasteiger partial charge in [-0.2, -0.15) is 0 Å². The molecule has 4 nitrogen and oxygen atoms in total. The molecule has 2 aromatic rings. The summed E-state index contributed by atoms with van der Waals surface area (Å²) in [6.07, 6.45) is 0. The first kappa shape index (κ1) is 12.5. The van der Waals surface area contributed by atoms with E-state index < -0.39 is 0 Å². The SMILES string of the molecule is CC.CNCc1nc2ccc(OC)cc2[nH]1. The van der Waals surface area contributed by atoms with Crippen LogP contribution >= 0.6 is 0 Å². The van der Waals surface area contributed by atoms with Gasteiger partial charge in [-0.15, -0.1) is 0 Å². The Morgan fingerprint density at radius 1 is 1.38 bits per heavy atom. The smallest absolute Gasteiger partial charge is 0.121 e. The van der Waals surface area contributed by atoms with Crippen LogP contribution in [0.15, 0.2) is 18.2 Å². The van der Waals surface area contributed by atoms with Crippen molar-refractivity contribution in [3.05, 3.63) is 24.0 Å². The Balaban J connectivity index is 0.000000606. The highest BCUT2D eigenvalue weighted by Crippen LogP contribution is 2.18. The zero-order valence-electron chi connectivity index (χ0n) is 10.3. The number of aromatic amines is 1. The fourth-order valence-electron chi connectivity index (χ4n) is 1.42. The summed E-state index contributed by atoms with van der Waals surface area (Å²) < 4.78 is 5.13. The van der Waals surface area contributed by atoms with Gasteiger partial charge in [0, 0.05) is 6.07 Å². The summed E-state index contributed by atoms with van der Waals surface area (Å²) in [5.74, 6) is 1.79. The van der Waals surface area contributed by atoms with Gasteiger partial charge in [0.25, 0.3) is 0 Å². The van der Waals surface area contributed by atoms with E-state index in [2.05, 4.69) is 15.3 Å². The molecular weight excluding hydrogens is 202 g/mol. The second kappa shape index (κ2) is 6.12. The van der Waals surface area contributed by atoms with Crippen LogP contribution in [0.1, 0.15) is 19.7 Å². The van der Waals surface area contributed by atoms with E-state index in [1.54, 1.807) is 7.11 Å². The third-order valence-corrected chi connectivity index (χ3v) is 2.08. The number of fused-ring (bicyclic) bond motifs is 1. The monoisotopic (exact) mass is 221 g/mol. The molecule has 1 aromatic heterocycles. The fourth-order valence-corrected chi connectivity index (χ4v) is 1.42. The number of imidazole rings is 1. The number of hydrogen-bond donors (Lipinski definition) is 2. The normalized spacial score (nSPS) is 9.75. The van der Waals surface area contributed by atoms with Crippen LogP contribution in [0.4, 0.5) is 0 Å². The van der Waals surface area contributed by atoms with Crippen molar-refractivity contribution in [3.63, 3.8) is 0 Å². The first-order chi connectivity index (χ1) is 7.83.